The molecule has 2 rings (SSSR count). The predicted molar refractivity (Wildman–Crippen MR) is 83.3 cm³/mol. The quantitative estimate of drug-likeness (QED) is 0.876. The summed E-state index contributed by atoms with van der Waals surface area (Å²) in [5.41, 5.74) is 1.71. The second-order valence-corrected chi connectivity index (χ2v) is 5.62. The molecule has 0 atom stereocenters. The molecule has 19 heavy (non-hydrogen) atoms. The fraction of sp³-hybridized carbons (Fsp3) is 0.231. The molecule has 0 aliphatic rings. The minimum Gasteiger partial charge on any atom is -0.372 e. The zero-order valence-corrected chi connectivity index (χ0v) is 13.6. The Hall–Kier alpha value is -0.840. The van der Waals surface area contributed by atoms with E-state index in [1.807, 2.05) is 32.2 Å². The van der Waals surface area contributed by atoms with Gasteiger partial charge in [-0.05, 0) is 40.5 Å². The molecular formula is C13H12BrCl2N3. The van der Waals surface area contributed by atoms with E-state index in [0.717, 1.165) is 21.5 Å². The molecule has 0 amide bonds. The molecule has 3 nitrogen and oxygen atoms in total. The highest BCUT2D eigenvalue weighted by Gasteiger charge is 2.12. The van der Waals surface area contributed by atoms with Gasteiger partial charge in [-0.1, -0.05) is 29.3 Å². The first-order valence-corrected chi connectivity index (χ1v) is 7.21. The van der Waals surface area contributed by atoms with Gasteiger partial charge in [0.05, 0.1) is 10.2 Å². The van der Waals surface area contributed by atoms with Gasteiger partial charge in [-0.3, -0.25) is 0 Å². The summed E-state index contributed by atoms with van der Waals surface area (Å²) in [5.74, 6) is 1.44. The van der Waals surface area contributed by atoms with E-state index in [1.54, 1.807) is 0 Å². The summed E-state index contributed by atoms with van der Waals surface area (Å²) in [5, 5.41) is 4.28. The fourth-order valence-electron chi connectivity index (χ4n) is 1.72. The van der Waals surface area contributed by atoms with Gasteiger partial charge in [0, 0.05) is 23.5 Å². The standard InChI is InChI=1S/C13H12BrCl2N3/c1-7-12(14)13(17-2)19-11(18-7)6-8-9(15)4-3-5-10(8)16/h3-5H,6H2,1-2H3,(H,17,18,19). The van der Waals surface area contributed by atoms with Gasteiger partial charge in [-0.2, -0.15) is 0 Å². The number of anilines is 1. The van der Waals surface area contributed by atoms with Crippen LogP contribution in [0, 0.1) is 6.92 Å². The first kappa shape index (κ1) is 14.6. The average molecular weight is 361 g/mol. The Morgan fingerprint density at radius 1 is 1.21 bits per heavy atom. The van der Waals surface area contributed by atoms with Crippen molar-refractivity contribution in [3.8, 4) is 0 Å². The third-order valence-electron chi connectivity index (χ3n) is 2.70. The first-order valence-electron chi connectivity index (χ1n) is 5.66. The van der Waals surface area contributed by atoms with Crippen LogP contribution in [0.4, 0.5) is 5.82 Å². The van der Waals surface area contributed by atoms with Crippen molar-refractivity contribution in [2.75, 3.05) is 12.4 Å². The van der Waals surface area contributed by atoms with Crippen molar-refractivity contribution in [3.05, 3.63) is 49.8 Å². The van der Waals surface area contributed by atoms with Gasteiger partial charge in [-0.15, -0.1) is 0 Å². The number of aromatic nitrogens is 2. The van der Waals surface area contributed by atoms with E-state index in [0.29, 0.717) is 22.3 Å². The van der Waals surface area contributed by atoms with Crippen LogP contribution in [0.25, 0.3) is 0 Å². The molecule has 0 fully saturated rings. The van der Waals surface area contributed by atoms with E-state index < -0.39 is 0 Å². The van der Waals surface area contributed by atoms with Gasteiger partial charge in [0.2, 0.25) is 0 Å². The van der Waals surface area contributed by atoms with Gasteiger partial charge < -0.3 is 5.32 Å². The molecule has 100 valence electrons. The van der Waals surface area contributed by atoms with Gasteiger partial charge in [0.15, 0.2) is 0 Å². The van der Waals surface area contributed by atoms with E-state index in [1.165, 1.54) is 0 Å². The fourth-order valence-corrected chi connectivity index (χ4v) is 2.63. The maximum atomic E-state index is 6.16. The zero-order valence-electron chi connectivity index (χ0n) is 10.5. The number of hydrogen-bond acceptors (Lipinski definition) is 3. The Bertz CT molecular complexity index is 597. The summed E-state index contributed by atoms with van der Waals surface area (Å²) in [7, 11) is 1.82. The summed E-state index contributed by atoms with van der Waals surface area (Å²) < 4.78 is 0.865. The van der Waals surface area contributed by atoms with Crippen molar-refractivity contribution in [1.82, 2.24) is 9.97 Å². The lowest BCUT2D eigenvalue weighted by Gasteiger charge is -2.10. The third-order valence-corrected chi connectivity index (χ3v) is 4.35. The molecule has 1 N–H and O–H groups in total. The largest absolute Gasteiger partial charge is 0.372 e. The second-order valence-electron chi connectivity index (χ2n) is 4.01. The maximum absolute atomic E-state index is 6.16. The highest BCUT2D eigenvalue weighted by molar-refractivity contribution is 9.10. The molecule has 0 bridgehead atoms. The molecule has 0 unspecified atom stereocenters. The van der Waals surface area contributed by atoms with Gasteiger partial charge >= 0.3 is 0 Å². The predicted octanol–water partition coefficient (Wildman–Crippen LogP) is 4.49. The number of benzene rings is 1. The third kappa shape index (κ3) is 3.19. The van der Waals surface area contributed by atoms with Crippen LogP contribution in [-0.4, -0.2) is 17.0 Å². The molecule has 0 aliphatic heterocycles. The Kier molecular flexibility index (Phi) is 4.66. The van der Waals surface area contributed by atoms with E-state index in [-0.39, 0.29) is 0 Å². The molecule has 1 aromatic carbocycles. The van der Waals surface area contributed by atoms with Crippen LogP contribution in [0.3, 0.4) is 0 Å². The van der Waals surface area contributed by atoms with Crippen LogP contribution < -0.4 is 5.32 Å². The minimum absolute atomic E-state index is 0.501. The summed E-state index contributed by atoms with van der Waals surface area (Å²) in [6.07, 6.45) is 0.501. The highest BCUT2D eigenvalue weighted by atomic mass is 79.9. The monoisotopic (exact) mass is 359 g/mol. The Morgan fingerprint density at radius 3 is 2.42 bits per heavy atom. The van der Waals surface area contributed by atoms with Crippen molar-refractivity contribution in [2.24, 2.45) is 0 Å². The van der Waals surface area contributed by atoms with Crippen molar-refractivity contribution in [2.45, 2.75) is 13.3 Å². The van der Waals surface area contributed by atoms with Crippen molar-refractivity contribution >= 4 is 44.9 Å². The van der Waals surface area contributed by atoms with Gasteiger partial charge in [0.1, 0.15) is 11.6 Å². The van der Waals surface area contributed by atoms with Crippen molar-refractivity contribution < 1.29 is 0 Å². The molecule has 0 aliphatic carbocycles. The SMILES string of the molecule is CNc1nc(Cc2c(Cl)cccc2Cl)nc(C)c1Br. The van der Waals surface area contributed by atoms with E-state index in [4.69, 9.17) is 23.2 Å². The Balaban J connectivity index is 2.41. The lowest BCUT2D eigenvalue weighted by molar-refractivity contribution is 0.936. The van der Waals surface area contributed by atoms with Crippen LogP contribution in [0.1, 0.15) is 17.1 Å². The van der Waals surface area contributed by atoms with E-state index in [2.05, 4.69) is 31.2 Å². The lowest BCUT2D eigenvalue weighted by atomic mass is 10.1. The topological polar surface area (TPSA) is 37.8 Å². The molecule has 0 spiro atoms. The smallest absolute Gasteiger partial charge is 0.144 e. The summed E-state index contributed by atoms with van der Waals surface area (Å²) in [6, 6.07) is 5.45. The molecule has 1 heterocycles. The molecule has 0 saturated heterocycles. The van der Waals surface area contributed by atoms with Crippen LogP contribution in [-0.2, 0) is 6.42 Å². The van der Waals surface area contributed by atoms with Gasteiger partial charge in [-0.25, -0.2) is 9.97 Å². The number of nitrogens with zero attached hydrogens (tertiary/aromatic N) is 2. The minimum atomic E-state index is 0.501. The average Bonchev–Trinajstić information content (AvgIpc) is 2.38. The summed E-state index contributed by atoms with van der Waals surface area (Å²) in [6.45, 7) is 1.92. The van der Waals surface area contributed by atoms with Gasteiger partial charge in [0.25, 0.3) is 0 Å². The van der Waals surface area contributed by atoms with Crippen LogP contribution in [0.15, 0.2) is 22.7 Å². The van der Waals surface area contributed by atoms with Crippen molar-refractivity contribution in [3.63, 3.8) is 0 Å². The number of aryl methyl sites for hydroxylation is 1. The number of rotatable bonds is 3. The zero-order chi connectivity index (χ0) is 14.0. The molecule has 0 radical (unpaired) electrons. The summed E-state index contributed by atoms with van der Waals surface area (Å²) >= 11 is 15.8. The Morgan fingerprint density at radius 2 is 1.84 bits per heavy atom. The molecule has 6 heteroatoms. The molecule has 1 aromatic heterocycles. The number of hydrogen-bond donors (Lipinski definition) is 1. The Labute approximate surface area is 130 Å². The van der Waals surface area contributed by atoms with Crippen LogP contribution in [0.2, 0.25) is 10.0 Å². The van der Waals surface area contributed by atoms with Crippen molar-refractivity contribution in [1.29, 1.82) is 0 Å². The lowest BCUT2D eigenvalue weighted by Crippen LogP contribution is -2.05. The summed E-state index contributed by atoms with van der Waals surface area (Å²) in [4.78, 5) is 8.89. The van der Waals surface area contributed by atoms with Crippen LogP contribution in [0.5, 0.6) is 0 Å². The first-order chi connectivity index (χ1) is 9.02. The highest BCUT2D eigenvalue weighted by Crippen LogP contribution is 2.28. The van der Waals surface area contributed by atoms with Crippen LogP contribution >= 0.6 is 39.1 Å². The normalized spacial score (nSPS) is 10.6. The van der Waals surface area contributed by atoms with E-state index in [9.17, 15) is 0 Å². The maximum Gasteiger partial charge on any atom is 0.144 e. The molecular weight excluding hydrogens is 349 g/mol. The van der Waals surface area contributed by atoms with E-state index >= 15 is 0 Å². The number of halogens is 3. The number of nitrogens with one attached hydrogen (secondary N) is 1. The molecule has 2 aromatic rings. The second kappa shape index (κ2) is 6.07. The molecule has 0 saturated carbocycles.